The van der Waals surface area contributed by atoms with Gasteiger partial charge in [-0.05, 0) is 81.5 Å². The highest BCUT2D eigenvalue weighted by Gasteiger charge is 2.50. The van der Waals surface area contributed by atoms with Crippen LogP contribution < -0.4 is 10.6 Å². The Balaban J connectivity index is 1.20. The first-order valence-electron chi connectivity index (χ1n) is 10.5. The quantitative estimate of drug-likeness (QED) is 0.806. The largest absolute Gasteiger partial charge is 0.450 e. The Hall–Kier alpha value is -1.46. The predicted molar refractivity (Wildman–Crippen MR) is 98.8 cm³/mol. The van der Waals surface area contributed by atoms with Crippen molar-refractivity contribution < 1.29 is 14.3 Å². The summed E-state index contributed by atoms with van der Waals surface area (Å²) in [4.78, 5) is 25.9. The van der Waals surface area contributed by atoms with Crippen LogP contribution in [0.1, 0.15) is 58.3 Å². The summed E-state index contributed by atoms with van der Waals surface area (Å²) < 4.78 is 5.04. The summed E-state index contributed by atoms with van der Waals surface area (Å²) in [5, 5.41) is 6.30. The molecule has 5 aliphatic rings. The molecule has 0 atom stereocenters. The van der Waals surface area contributed by atoms with E-state index < -0.39 is 0 Å². The standard InChI is InChI=1S/C20H33N3O3/c1-2-26-19(25)23-5-3-17(4-6-23)22-18(24)21-13-20-10-14-7-15(11-20)9-16(8-14)12-20/h14-17H,2-13H2,1H3,(H2,21,22,24). The summed E-state index contributed by atoms with van der Waals surface area (Å²) in [5.74, 6) is 2.75. The first-order chi connectivity index (χ1) is 12.5. The Bertz CT molecular complexity index is 507. The van der Waals surface area contributed by atoms with E-state index in [0.29, 0.717) is 25.1 Å². The molecular weight excluding hydrogens is 330 g/mol. The highest BCUT2D eigenvalue weighted by Crippen LogP contribution is 2.59. The Kier molecular flexibility index (Phi) is 5.02. The minimum Gasteiger partial charge on any atom is -0.450 e. The van der Waals surface area contributed by atoms with Crippen LogP contribution in [-0.2, 0) is 4.74 Å². The zero-order chi connectivity index (χ0) is 18.1. The van der Waals surface area contributed by atoms with Gasteiger partial charge >= 0.3 is 12.1 Å². The van der Waals surface area contributed by atoms with Gasteiger partial charge in [0, 0.05) is 25.7 Å². The summed E-state index contributed by atoms with van der Waals surface area (Å²) in [6.45, 7) is 4.37. The first-order valence-corrected chi connectivity index (χ1v) is 10.5. The summed E-state index contributed by atoms with van der Waals surface area (Å²) in [6, 6.07) is 0.118. The van der Waals surface area contributed by atoms with Crippen LogP contribution in [0.4, 0.5) is 9.59 Å². The zero-order valence-corrected chi connectivity index (χ0v) is 16.0. The van der Waals surface area contributed by atoms with E-state index in [9.17, 15) is 9.59 Å². The number of hydrogen-bond acceptors (Lipinski definition) is 3. The maximum Gasteiger partial charge on any atom is 0.409 e. The Labute approximate surface area is 156 Å². The number of hydrogen-bond donors (Lipinski definition) is 2. The fourth-order valence-electron chi connectivity index (χ4n) is 6.43. The third kappa shape index (κ3) is 3.79. The Morgan fingerprint density at radius 2 is 1.62 bits per heavy atom. The Morgan fingerprint density at radius 3 is 2.15 bits per heavy atom. The molecule has 1 saturated heterocycles. The zero-order valence-electron chi connectivity index (χ0n) is 16.0. The van der Waals surface area contributed by atoms with Crippen molar-refractivity contribution in [3.8, 4) is 0 Å². The smallest absolute Gasteiger partial charge is 0.409 e. The number of rotatable bonds is 4. The molecule has 3 amide bonds. The lowest BCUT2D eigenvalue weighted by atomic mass is 9.49. The van der Waals surface area contributed by atoms with Crippen LogP contribution >= 0.6 is 0 Å². The van der Waals surface area contributed by atoms with E-state index in [4.69, 9.17) is 4.74 Å². The molecule has 26 heavy (non-hydrogen) atoms. The molecule has 4 aliphatic carbocycles. The van der Waals surface area contributed by atoms with Crippen molar-refractivity contribution in [2.45, 2.75) is 64.3 Å². The third-order valence-electron chi connectivity index (χ3n) is 7.15. The molecule has 1 heterocycles. The maximum atomic E-state index is 12.4. The summed E-state index contributed by atoms with van der Waals surface area (Å²) in [5.41, 5.74) is 0.374. The van der Waals surface area contributed by atoms with Gasteiger partial charge in [0.1, 0.15) is 0 Å². The van der Waals surface area contributed by atoms with E-state index in [1.165, 1.54) is 38.5 Å². The van der Waals surface area contributed by atoms with E-state index in [1.807, 2.05) is 6.92 Å². The molecule has 146 valence electrons. The van der Waals surface area contributed by atoms with Gasteiger partial charge in [-0.2, -0.15) is 0 Å². The lowest BCUT2D eigenvalue weighted by Crippen LogP contribution is -2.54. The number of nitrogens with one attached hydrogen (secondary N) is 2. The van der Waals surface area contributed by atoms with Gasteiger partial charge in [-0.3, -0.25) is 0 Å². The molecule has 0 aromatic heterocycles. The number of amides is 3. The Morgan fingerprint density at radius 1 is 1.04 bits per heavy atom. The molecule has 5 fully saturated rings. The number of likely N-dealkylation sites (tertiary alicyclic amines) is 1. The van der Waals surface area contributed by atoms with Gasteiger partial charge in [-0.1, -0.05) is 0 Å². The van der Waals surface area contributed by atoms with Crippen LogP contribution in [0.15, 0.2) is 0 Å². The summed E-state index contributed by atoms with van der Waals surface area (Å²) >= 11 is 0. The van der Waals surface area contributed by atoms with Crippen molar-refractivity contribution in [3.63, 3.8) is 0 Å². The minimum atomic E-state index is -0.239. The molecule has 1 aliphatic heterocycles. The number of carbonyl (C=O) groups excluding carboxylic acids is 2. The van der Waals surface area contributed by atoms with E-state index in [1.54, 1.807) is 4.90 Å². The van der Waals surface area contributed by atoms with Crippen LogP contribution in [0.2, 0.25) is 0 Å². The topological polar surface area (TPSA) is 70.7 Å². The van der Waals surface area contributed by atoms with Crippen molar-refractivity contribution >= 4 is 12.1 Å². The molecule has 6 heteroatoms. The van der Waals surface area contributed by atoms with E-state index in [2.05, 4.69) is 10.6 Å². The number of nitrogens with zero attached hydrogens (tertiary/aromatic N) is 1. The minimum absolute atomic E-state index is 0.0321. The summed E-state index contributed by atoms with van der Waals surface area (Å²) in [7, 11) is 0. The van der Waals surface area contributed by atoms with Crippen molar-refractivity contribution in [3.05, 3.63) is 0 Å². The molecule has 0 aromatic rings. The van der Waals surface area contributed by atoms with Crippen LogP contribution in [0.5, 0.6) is 0 Å². The van der Waals surface area contributed by atoms with Crippen molar-refractivity contribution in [2.75, 3.05) is 26.2 Å². The molecule has 0 spiro atoms. The number of ether oxygens (including phenoxy) is 1. The van der Waals surface area contributed by atoms with Gasteiger partial charge in [0.05, 0.1) is 6.61 Å². The molecule has 0 aromatic carbocycles. The predicted octanol–water partition coefficient (Wildman–Crippen LogP) is 3.12. The fourth-order valence-corrected chi connectivity index (χ4v) is 6.43. The van der Waals surface area contributed by atoms with Gasteiger partial charge in [-0.15, -0.1) is 0 Å². The van der Waals surface area contributed by atoms with Crippen LogP contribution in [0.25, 0.3) is 0 Å². The van der Waals surface area contributed by atoms with Gasteiger partial charge in [0.2, 0.25) is 0 Å². The van der Waals surface area contributed by atoms with Crippen LogP contribution in [0.3, 0.4) is 0 Å². The molecule has 4 saturated carbocycles. The molecule has 4 bridgehead atoms. The van der Waals surface area contributed by atoms with E-state index in [0.717, 1.165) is 37.1 Å². The highest BCUT2D eigenvalue weighted by atomic mass is 16.6. The molecular formula is C20H33N3O3. The average molecular weight is 364 g/mol. The van der Waals surface area contributed by atoms with Crippen molar-refractivity contribution in [1.29, 1.82) is 0 Å². The van der Waals surface area contributed by atoms with Crippen molar-refractivity contribution in [1.82, 2.24) is 15.5 Å². The number of carbonyl (C=O) groups is 2. The van der Waals surface area contributed by atoms with E-state index in [-0.39, 0.29) is 18.2 Å². The van der Waals surface area contributed by atoms with Crippen LogP contribution in [0, 0.1) is 23.2 Å². The lowest BCUT2D eigenvalue weighted by Gasteiger charge is -2.56. The SMILES string of the molecule is CCOC(=O)N1CCC(NC(=O)NCC23CC4CC(CC(C4)C2)C3)CC1. The molecule has 2 N–H and O–H groups in total. The monoisotopic (exact) mass is 363 g/mol. The fraction of sp³-hybridized carbons (Fsp3) is 0.900. The normalized spacial score (nSPS) is 36.0. The van der Waals surface area contributed by atoms with Crippen molar-refractivity contribution in [2.24, 2.45) is 23.2 Å². The molecule has 6 nitrogen and oxygen atoms in total. The number of piperidine rings is 1. The summed E-state index contributed by atoms with van der Waals surface area (Å²) in [6.07, 6.45) is 9.61. The second kappa shape index (κ2) is 7.28. The van der Waals surface area contributed by atoms with Gasteiger partial charge < -0.3 is 20.3 Å². The third-order valence-corrected chi connectivity index (χ3v) is 7.15. The first kappa shape index (κ1) is 17.9. The maximum absolute atomic E-state index is 12.4. The molecule has 0 unspecified atom stereocenters. The highest BCUT2D eigenvalue weighted by molar-refractivity contribution is 5.74. The molecule has 0 radical (unpaired) electrons. The van der Waals surface area contributed by atoms with Gasteiger partial charge in [-0.25, -0.2) is 9.59 Å². The molecule has 5 rings (SSSR count). The van der Waals surface area contributed by atoms with E-state index >= 15 is 0 Å². The second-order valence-electron chi connectivity index (χ2n) is 9.20. The lowest BCUT2D eigenvalue weighted by molar-refractivity contribution is -0.0498. The second-order valence-corrected chi connectivity index (χ2v) is 9.20. The van der Waals surface area contributed by atoms with Crippen LogP contribution in [-0.4, -0.2) is 49.3 Å². The average Bonchev–Trinajstić information content (AvgIpc) is 2.60. The van der Waals surface area contributed by atoms with Gasteiger partial charge in [0.15, 0.2) is 0 Å². The number of urea groups is 1. The van der Waals surface area contributed by atoms with Gasteiger partial charge in [0.25, 0.3) is 0 Å².